The Kier molecular flexibility index (Phi) is 2.12. The fourth-order valence-electron chi connectivity index (χ4n) is 1.80. The molecule has 0 amide bonds. The lowest BCUT2D eigenvalue weighted by atomic mass is 10.00. The Hall–Kier alpha value is -1.56. The van der Waals surface area contributed by atoms with Crippen LogP contribution in [0.15, 0.2) is 36.9 Å². The summed E-state index contributed by atoms with van der Waals surface area (Å²) >= 11 is 0. The average Bonchev–Trinajstić information content (AvgIpc) is 2.19. The number of hydrogen-bond acceptors (Lipinski definition) is 0. The molecule has 2 aromatic rings. The first kappa shape index (κ1) is 9.01. The maximum atomic E-state index is 3.80. The maximum Gasteiger partial charge on any atom is -0.0152 e. The third-order valence-electron chi connectivity index (χ3n) is 2.57. The molecule has 0 bridgehead atoms. The van der Waals surface area contributed by atoms with Crippen LogP contribution in [0.3, 0.4) is 0 Å². The fraction of sp³-hybridized carbons (Fsp3) is 0.143. The summed E-state index contributed by atoms with van der Waals surface area (Å²) < 4.78 is 0. The van der Waals surface area contributed by atoms with Crippen LogP contribution in [0.25, 0.3) is 16.8 Å². The maximum absolute atomic E-state index is 3.80. The lowest BCUT2D eigenvalue weighted by Crippen LogP contribution is -1.82. The van der Waals surface area contributed by atoms with E-state index in [0.29, 0.717) is 0 Å². The minimum atomic E-state index is 1.19. The van der Waals surface area contributed by atoms with Crippen molar-refractivity contribution in [3.8, 4) is 0 Å². The van der Waals surface area contributed by atoms with Gasteiger partial charge in [-0.2, -0.15) is 0 Å². The Morgan fingerprint density at radius 2 is 1.86 bits per heavy atom. The second kappa shape index (κ2) is 3.30. The fourth-order valence-corrected chi connectivity index (χ4v) is 1.80. The zero-order valence-electron chi connectivity index (χ0n) is 8.67. The highest BCUT2D eigenvalue weighted by Crippen LogP contribution is 2.22. The topological polar surface area (TPSA) is 0 Å². The molecule has 0 aliphatic rings. The molecule has 0 aliphatic heterocycles. The summed E-state index contributed by atoms with van der Waals surface area (Å²) in [6.07, 6.45) is 1.90. The molecule has 2 aromatic carbocycles. The van der Waals surface area contributed by atoms with Crippen LogP contribution in [0.1, 0.15) is 16.7 Å². The Balaban J connectivity index is 2.82. The van der Waals surface area contributed by atoms with Gasteiger partial charge in [-0.15, -0.1) is 0 Å². The van der Waals surface area contributed by atoms with E-state index in [9.17, 15) is 0 Å². The molecule has 0 aromatic heterocycles. The summed E-state index contributed by atoms with van der Waals surface area (Å²) in [5, 5.41) is 2.64. The van der Waals surface area contributed by atoms with Gasteiger partial charge in [-0.25, -0.2) is 0 Å². The summed E-state index contributed by atoms with van der Waals surface area (Å²) in [7, 11) is 0. The quantitative estimate of drug-likeness (QED) is 0.623. The Morgan fingerprint density at radius 3 is 2.57 bits per heavy atom. The number of aryl methyl sites for hydroxylation is 2. The van der Waals surface area contributed by atoms with E-state index in [4.69, 9.17) is 0 Å². The second-order valence-electron chi connectivity index (χ2n) is 3.77. The van der Waals surface area contributed by atoms with E-state index < -0.39 is 0 Å². The first-order chi connectivity index (χ1) is 6.70. The Bertz CT molecular complexity index is 493. The predicted molar refractivity (Wildman–Crippen MR) is 63.5 cm³/mol. The average molecular weight is 182 g/mol. The van der Waals surface area contributed by atoms with Gasteiger partial charge in [0, 0.05) is 0 Å². The summed E-state index contributed by atoms with van der Waals surface area (Å²) in [5.41, 5.74) is 3.83. The van der Waals surface area contributed by atoms with E-state index in [2.05, 4.69) is 50.8 Å². The van der Waals surface area contributed by atoms with Crippen LogP contribution < -0.4 is 0 Å². The van der Waals surface area contributed by atoms with Crippen molar-refractivity contribution in [2.75, 3.05) is 0 Å². The van der Waals surface area contributed by atoms with Crippen molar-refractivity contribution in [3.05, 3.63) is 53.6 Å². The van der Waals surface area contributed by atoms with E-state index in [0.717, 1.165) is 0 Å². The molecule has 0 nitrogen and oxygen atoms in total. The normalized spacial score (nSPS) is 10.4. The molecular weight excluding hydrogens is 168 g/mol. The summed E-state index contributed by atoms with van der Waals surface area (Å²) in [6, 6.07) is 10.9. The highest BCUT2D eigenvalue weighted by atomic mass is 14.0. The van der Waals surface area contributed by atoms with Crippen LogP contribution in [-0.2, 0) is 0 Å². The zero-order valence-corrected chi connectivity index (χ0v) is 8.67. The summed E-state index contributed by atoms with van der Waals surface area (Å²) in [6.45, 7) is 8.07. The van der Waals surface area contributed by atoms with E-state index in [1.807, 2.05) is 6.08 Å². The van der Waals surface area contributed by atoms with Gasteiger partial charge in [-0.3, -0.25) is 0 Å². The Labute approximate surface area is 84.9 Å². The molecule has 0 spiro atoms. The lowest BCUT2D eigenvalue weighted by molar-refractivity contribution is 1.46. The first-order valence-corrected chi connectivity index (χ1v) is 4.84. The van der Waals surface area contributed by atoms with Gasteiger partial charge in [0.2, 0.25) is 0 Å². The van der Waals surface area contributed by atoms with Crippen molar-refractivity contribution in [3.63, 3.8) is 0 Å². The van der Waals surface area contributed by atoms with Gasteiger partial charge < -0.3 is 0 Å². The number of rotatable bonds is 1. The molecule has 70 valence electrons. The molecule has 0 heterocycles. The SMILES string of the molecule is C=Cc1cc(C)c2cc(C)ccc2c1. The van der Waals surface area contributed by atoms with E-state index in [-0.39, 0.29) is 0 Å². The van der Waals surface area contributed by atoms with Crippen LogP contribution in [0.5, 0.6) is 0 Å². The van der Waals surface area contributed by atoms with Crippen LogP contribution in [0, 0.1) is 13.8 Å². The number of hydrogen-bond donors (Lipinski definition) is 0. The highest BCUT2D eigenvalue weighted by molar-refractivity contribution is 5.88. The van der Waals surface area contributed by atoms with Crippen LogP contribution in [0.2, 0.25) is 0 Å². The molecule has 0 unspecified atom stereocenters. The molecule has 0 saturated carbocycles. The molecule has 0 heteroatoms. The highest BCUT2D eigenvalue weighted by Gasteiger charge is 1.98. The van der Waals surface area contributed by atoms with Crippen molar-refractivity contribution >= 4 is 16.8 Å². The van der Waals surface area contributed by atoms with Crippen LogP contribution in [-0.4, -0.2) is 0 Å². The van der Waals surface area contributed by atoms with E-state index in [1.54, 1.807) is 0 Å². The molecule has 0 radical (unpaired) electrons. The van der Waals surface area contributed by atoms with E-state index in [1.165, 1.54) is 27.5 Å². The monoisotopic (exact) mass is 182 g/mol. The third-order valence-corrected chi connectivity index (χ3v) is 2.57. The largest absolute Gasteiger partial charge is 0.0985 e. The number of fused-ring (bicyclic) bond motifs is 1. The molecule has 0 atom stereocenters. The molecule has 0 N–H and O–H groups in total. The summed E-state index contributed by atoms with van der Waals surface area (Å²) in [5.74, 6) is 0. The standard InChI is InChI=1S/C14H14/c1-4-12-8-11(3)14-7-10(2)5-6-13(14)9-12/h4-9H,1H2,2-3H3. The van der Waals surface area contributed by atoms with Gasteiger partial charge in [0.1, 0.15) is 0 Å². The van der Waals surface area contributed by atoms with Gasteiger partial charge in [-0.05, 0) is 41.8 Å². The predicted octanol–water partition coefficient (Wildman–Crippen LogP) is 4.10. The first-order valence-electron chi connectivity index (χ1n) is 4.84. The molecule has 14 heavy (non-hydrogen) atoms. The zero-order chi connectivity index (χ0) is 10.1. The van der Waals surface area contributed by atoms with Crippen LogP contribution in [0.4, 0.5) is 0 Å². The van der Waals surface area contributed by atoms with Crippen molar-refractivity contribution in [2.45, 2.75) is 13.8 Å². The lowest BCUT2D eigenvalue weighted by Gasteiger charge is -2.05. The van der Waals surface area contributed by atoms with Crippen molar-refractivity contribution in [1.82, 2.24) is 0 Å². The minimum absolute atomic E-state index is 1.19. The molecule has 0 saturated heterocycles. The summed E-state index contributed by atoms with van der Waals surface area (Å²) in [4.78, 5) is 0. The van der Waals surface area contributed by atoms with Crippen molar-refractivity contribution in [2.24, 2.45) is 0 Å². The van der Waals surface area contributed by atoms with Crippen molar-refractivity contribution in [1.29, 1.82) is 0 Å². The number of benzene rings is 2. The van der Waals surface area contributed by atoms with Gasteiger partial charge in [0.05, 0.1) is 0 Å². The van der Waals surface area contributed by atoms with Crippen molar-refractivity contribution < 1.29 is 0 Å². The van der Waals surface area contributed by atoms with Gasteiger partial charge in [0.25, 0.3) is 0 Å². The Morgan fingerprint density at radius 1 is 1.07 bits per heavy atom. The van der Waals surface area contributed by atoms with Gasteiger partial charge in [0.15, 0.2) is 0 Å². The molecule has 0 aliphatic carbocycles. The smallest absolute Gasteiger partial charge is 0.0152 e. The molecular formula is C14H14. The molecule has 0 fully saturated rings. The minimum Gasteiger partial charge on any atom is -0.0985 e. The van der Waals surface area contributed by atoms with Gasteiger partial charge >= 0.3 is 0 Å². The third kappa shape index (κ3) is 1.44. The van der Waals surface area contributed by atoms with Crippen LogP contribution >= 0.6 is 0 Å². The molecule has 2 rings (SSSR count). The van der Waals surface area contributed by atoms with E-state index >= 15 is 0 Å². The second-order valence-corrected chi connectivity index (χ2v) is 3.77. The van der Waals surface area contributed by atoms with Gasteiger partial charge in [-0.1, -0.05) is 42.5 Å².